The Morgan fingerprint density at radius 2 is 2.07 bits per heavy atom. The van der Waals surface area contributed by atoms with E-state index in [9.17, 15) is 0 Å². The lowest BCUT2D eigenvalue weighted by molar-refractivity contribution is 0.217. The van der Waals surface area contributed by atoms with Gasteiger partial charge in [0, 0.05) is 43.2 Å². The standard InChI is InChI=1S/C23H37N5O/c1-15(2)20-10-17(11-21-27-28-22(29-21)23(4,5)6)16(3)9-18(20)12-24-8-7-19-13-25-14-26-19/h9,13-15,17-18,20,24H,7-8,10-12H2,1-6H3,(H,25,26)/t17-,18-,20-/m0/s1. The molecule has 0 fully saturated rings. The Balaban J connectivity index is 1.60. The first-order valence-corrected chi connectivity index (χ1v) is 10.9. The summed E-state index contributed by atoms with van der Waals surface area (Å²) in [5.74, 6) is 3.86. The third-order valence-corrected chi connectivity index (χ3v) is 6.12. The van der Waals surface area contributed by atoms with Crippen LogP contribution in [0.3, 0.4) is 0 Å². The zero-order valence-electron chi connectivity index (χ0n) is 18.8. The van der Waals surface area contributed by atoms with Crippen LogP contribution in [0.25, 0.3) is 0 Å². The van der Waals surface area contributed by atoms with E-state index in [-0.39, 0.29) is 5.41 Å². The number of imidazole rings is 1. The highest BCUT2D eigenvalue weighted by atomic mass is 16.4. The quantitative estimate of drug-likeness (QED) is 0.510. The first-order valence-electron chi connectivity index (χ1n) is 10.9. The van der Waals surface area contributed by atoms with Crippen LogP contribution in [0, 0.1) is 23.7 Å². The Morgan fingerprint density at radius 3 is 2.69 bits per heavy atom. The molecule has 2 N–H and O–H groups in total. The highest BCUT2D eigenvalue weighted by Gasteiger charge is 2.32. The van der Waals surface area contributed by atoms with Crippen molar-refractivity contribution in [2.45, 2.75) is 66.2 Å². The normalized spacial score (nSPS) is 22.9. The molecular weight excluding hydrogens is 362 g/mol. The Morgan fingerprint density at radius 1 is 1.28 bits per heavy atom. The first-order chi connectivity index (χ1) is 13.7. The molecule has 3 rings (SSSR count). The lowest BCUT2D eigenvalue weighted by atomic mass is 9.70. The van der Waals surface area contributed by atoms with Gasteiger partial charge in [-0.15, -0.1) is 10.2 Å². The van der Waals surface area contributed by atoms with Gasteiger partial charge in [-0.25, -0.2) is 4.98 Å². The molecule has 0 spiro atoms. The van der Waals surface area contributed by atoms with Gasteiger partial charge in [0.2, 0.25) is 11.8 Å². The molecule has 3 atom stereocenters. The second-order valence-electron chi connectivity index (χ2n) is 9.90. The van der Waals surface area contributed by atoms with Gasteiger partial charge in [-0.05, 0) is 37.0 Å². The number of aromatic nitrogens is 4. The lowest BCUT2D eigenvalue weighted by Gasteiger charge is -2.37. The summed E-state index contributed by atoms with van der Waals surface area (Å²) in [6.07, 6.45) is 9.14. The van der Waals surface area contributed by atoms with Gasteiger partial charge in [0.1, 0.15) is 0 Å². The predicted molar refractivity (Wildman–Crippen MR) is 116 cm³/mol. The summed E-state index contributed by atoms with van der Waals surface area (Å²) in [6.45, 7) is 15.3. The molecule has 0 saturated heterocycles. The Kier molecular flexibility index (Phi) is 6.93. The number of hydrogen-bond donors (Lipinski definition) is 2. The number of aromatic amines is 1. The maximum atomic E-state index is 5.97. The van der Waals surface area contributed by atoms with E-state index in [0.29, 0.717) is 23.7 Å². The molecule has 6 heteroatoms. The van der Waals surface area contributed by atoms with Gasteiger partial charge < -0.3 is 14.7 Å². The van der Waals surface area contributed by atoms with Crippen LogP contribution >= 0.6 is 0 Å². The zero-order valence-corrected chi connectivity index (χ0v) is 18.8. The second-order valence-corrected chi connectivity index (χ2v) is 9.90. The van der Waals surface area contributed by atoms with Gasteiger partial charge in [0.15, 0.2) is 0 Å². The maximum absolute atomic E-state index is 5.97. The van der Waals surface area contributed by atoms with E-state index in [4.69, 9.17) is 4.42 Å². The van der Waals surface area contributed by atoms with Crippen LogP contribution < -0.4 is 5.32 Å². The molecule has 0 unspecified atom stereocenters. The molecule has 0 radical (unpaired) electrons. The van der Waals surface area contributed by atoms with E-state index in [2.05, 4.69) is 73.1 Å². The van der Waals surface area contributed by atoms with E-state index in [0.717, 1.165) is 37.7 Å². The first kappa shape index (κ1) is 21.8. The van der Waals surface area contributed by atoms with Crippen LogP contribution in [0.5, 0.6) is 0 Å². The Hall–Kier alpha value is -1.95. The number of nitrogens with zero attached hydrogens (tertiary/aromatic N) is 3. The SMILES string of the molecule is CC1=C[C@@H](CNCCc2cnc[nH]2)[C@H](C(C)C)C[C@H]1Cc1nnc(C(C)(C)C)o1. The van der Waals surface area contributed by atoms with Gasteiger partial charge in [0.05, 0.1) is 6.33 Å². The lowest BCUT2D eigenvalue weighted by Crippen LogP contribution is -2.35. The van der Waals surface area contributed by atoms with E-state index in [1.807, 2.05) is 6.20 Å². The Bertz CT molecular complexity index is 785. The predicted octanol–water partition coefficient (Wildman–Crippen LogP) is 4.32. The fourth-order valence-corrected chi connectivity index (χ4v) is 4.27. The molecule has 0 bridgehead atoms. The summed E-state index contributed by atoms with van der Waals surface area (Å²) in [6, 6.07) is 0. The summed E-state index contributed by atoms with van der Waals surface area (Å²) in [5, 5.41) is 12.2. The van der Waals surface area contributed by atoms with Crippen molar-refractivity contribution in [2.24, 2.45) is 23.7 Å². The summed E-state index contributed by atoms with van der Waals surface area (Å²) in [4.78, 5) is 7.25. The molecule has 0 aromatic carbocycles. The van der Waals surface area contributed by atoms with Gasteiger partial charge in [-0.2, -0.15) is 0 Å². The average molecular weight is 400 g/mol. The summed E-state index contributed by atoms with van der Waals surface area (Å²) >= 11 is 0. The van der Waals surface area contributed by atoms with Gasteiger partial charge >= 0.3 is 0 Å². The smallest absolute Gasteiger partial charge is 0.221 e. The molecule has 2 heterocycles. The molecule has 29 heavy (non-hydrogen) atoms. The molecule has 160 valence electrons. The monoisotopic (exact) mass is 399 g/mol. The number of hydrogen-bond acceptors (Lipinski definition) is 5. The molecule has 1 aliphatic carbocycles. The second kappa shape index (κ2) is 9.24. The third-order valence-electron chi connectivity index (χ3n) is 6.12. The minimum Gasteiger partial charge on any atom is -0.425 e. The molecule has 0 amide bonds. The van der Waals surface area contributed by atoms with Gasteiger partial charge in [-0.3, -0.25) is 0 Å². The molecule has 1 aliphatic rings. The van der Waals surface area contributed by atoms with Crippen molar-refractivity contribution >= 4 is 0 Å². The summed E-state index contributed by atoms with van der Waals surface area (Å²) < 4.78 is 5.97. The van der Waals surface area contributed by atoms with Crippen LogP contribution in [-0.2, 0) is 18.3 Å². The van der Waals surface area contributed by atoms with Crippen LogP contribution in [0.4, 0.5) is 0 Å². The van der Waals surface area contributed by atoms with Crippen molar-refractivity contribution in [1.29, 1.82) is 0 Å². The maximum Gasteiger partial charge on any atom is 0.221 e. The molecule has 2 aromatic heterocycles. The molecular formula is C23H37N5O. The number of rotatable bonds is 8. The van der Waals surface area contributed by atoms with Crippen molar-refractivity contribution < 1.29 is 4.42 Å². The minimum absolute atomic E-state index is 0.101. The van der Waals surface area contributed by atoms with E-state index in [1.165, 1.54) is 17.7 Å². The zero-order chi connectivity index (χ0) is 21.0. The van der Waals surface area contributed by atoms with Crippen molar-refractivity contribution in [3.8, 4) is 0 Å². The van der Waals surface area contributed by atoms with Crippen molar-refractivity contribution in [3.63, 3.8) is 0 Å². The fraction of sp³-hybridized carbons (Fsp3) is 0.696. The molecule has 2 aromatic rings. The van der Waals surface area contributed by atoms with E-state index < -0.39 is 0 Å². The highest BCUT2D eigenvalue weighted by Crippen LogP contribution is 2.38. The number of allylic oxidation sites excluding steroid dienone is 1. The van der Waals surface area contributed by atoms with Crippen molar-refractivity contribution in [1.82, 2.24) is 25.5 Å². The minimum atomic E-state index is -0.101. The van der Waals surface area contributed by atoms with Crippen molar-refractivity contribution in [3.05, 3.63) is 41.6 Å². The van der Waals surface area contributed by atoms with Crippen LogP contribution in [0.2, 0.25) is 0 Å². The Labute approximate surface area is 175 Å². The number of H-pyrrole nitrogens is 1. The topological polar surface area (TPSA) is 79.6 Å². The van der Waals surface area contributed by atoms with Crippen LogP contribution in [0.1, 0.15) is 65.4 Å². The summed E-state index contributed by atoms with van der Waals surface area (Å²) in [7, 11) is 0. The van der Waals surface area contributed by atoms with Crippen LogP contribution in [0.15, 0.2) is 28.6 Å². The van der Waals surface area contributed by atoms with E-state index in [1.54, 1.807) is 6.33 Å². The fourth-order valence-electron chi connectivity index (χ4n) is 4.27. The molecule has 0 aliphatic heterocycles. The number of nitrogens with one attached hydrogen (secondary N) is 2. The van der Waals surface area contributed by atoms with Crippen LogP contribution in [-0.4, -0.2) is 33.3 Å². The van der Waals surface area contributed by atoms with Gasteiger partial charge in [-0.1, -0.05) is 46.3 Å². The largest absolute Gasteiger partial charge is 0.425 e. The van der Waals surface area contributed by atoms with Crippen molar-refractivity contribution in [2.75, 3.05) is 13.1 Å². The summed E-state index contributed by atoms with van der Waals surface area (Å²) in [5.41, 5.74) is 2.54. The molecule has 0 saturated carbocycles. The highest BCUT2D eigenvalue weighted by molar-refractivity contribution is 5.14. The van der Waals surface area contributed by atoms with Gasteiger partial charge in [0.25, 0.3) is 0 Å². The van der Waals surface area contributed by atoms with E-state index >= 15 is 0 Å². The molecule has 6 nitrogen and oxygen atoms in total. The average Bonchev–Trinajstić information content (AvgIpc) is 3.32. The third kappa shape index (κ3) is 5.78.